The number of anilines is 5. The molecule has 12 aromatic heterocycles. The summed E-state index contributed by atoms with van der Waals surface area (Å²) in [6.07, 6.45) is 20.4. The zero-order valence-electron chi connectivity index (χ0n) is 86.5. The summed E-state index contributed by atoms with van der Waals surface area (Å²) in [5.41, 5.74) is 20.7. The van der Waals surface area contributed by atoms with Crippen molar-refractivity contribution in [2.24, 2.45) is 0 Å². The van der Waals surface area contributed by atoms with Crippen LogP contribution in [0.1, 0.15) is 256 Å². The molecule has 4 aliphatic carbocycles. The number of nitrogens with one attached hydrogen (secondary N) is 4. The molecule has 15 heterocycles. The number of halogens is 3. The summed E-state index contributed by atoms with van der Waals surface area (Å²) >= 11 is 6.28. The monoisotopic (exact) mass is 2120 g/mol. The maximum atomic E-state index is 13.4. The van der Waals surface area contributed by atoms with E-state index in [1.165, 1.54) is 40.2 Å². The molecule has 22 rings (SSSR count). The summed E-state index contributed by atoms with van der Waals surface area (Å²) in [7, 11) is 0. The number of rotatable bonds is 13. The molecule has 3 aliphatic heterocycles. The lowest BCUT2D eigenvalue weighted by Crippen LogP contribution is -2.39. The maximum absolute atomic E-state index is 13.4. The van der Waals surface area contributed by atoms with Crippen LogP contribution in [0.25, 0.3) is 61.6 Å². The molecule has 0 radical (unpaired) electrons. The fourth-order valence-corrected chi connectivity index (χ4v) is 18.1. The minimum atomic E-state index is -0.525. The molecule has 0 unspecified atom stereocenters. The zero-order valence-corrected chi connectivity index (χ0v) is 91.4. The van der Waals surface area contributed by atoms with Gasteiger partial charge < -0.3 is 41.0 Å². The van der Waals surface area contributed by atoms with Crippen molar-refractivity contribution in [1.82, 2.24) is 113 Å². The van der Waals surface area contributed by atoms with Gasteiger partial charge in [-0.05, 0) is 265 Å². The van der Waals surface area contributed by atoms with Gasteiger partial charge in [-0.2, -0.15) is 9.97 Å². The molecule has 2 amide bonds. The summed E-state index contributed by atoms with van der Waals surface area (Å²) in [6, 6.07) is 43.0. The van der Waals surface area contributed by atoms with Crippen LogP contribution in [0, 0.1) is 0 Å². The number of hydrogen-bond acceptors (Lipinski definition) is 26. The van der Waals surface area contributed by atoms with Gasteiger partial charge in [-0.25, -0.2) is 92.2 Å². The number of carbonyl (C=O) groups is 2. The topological polar surface area (TPSA) is 394 Å². The number of amides is 2. The van der Waals surface area contributed by atoms with E-state index in [0.29, 0.717) is 110 Å². The van der Waals surface area contributed by atoms with Gasteiger partial charge in [0.15, 0.2) is 50.4 Å². The van der Waals surface area contributed by atoms with E-state index >= 15 is 0 Å². The van der Waals surface area contributed by atoms with Crippen molar-refractivity contribution in [2.45, 2.75) is 282 Å². The van der Waals surface area contributed by atoms with Crippen LogP contribution in [0.2, 0.25) is 0 Å². The summed E-state index contributed by atoms with van der Waals surface area (Å²) in [6.45, 7) is 41.2. The number of carbonyl (C=O) groups excluding carboxylic acids is 2. The summed E-state index contributed by atoms with van der Waals surface area (Å²) in [4.78, 5) is 134. The first-order valence-electron chi connectivity index (χ1n) is 49.2. The minimum absolute atomic E-state index is 0. The number of aromatic amines is 1. The minimum Gasteiger partial charge on any atom is -0.444 e. The van der Waals surface area contributed by atoms with E-state index in [0.717, 1.165) is 151 Å². The zero-order chi connectivity index (χ0) is 103. The number of aromatic nitrogens is 20. The average molecular weight is 2120 g/mol. The molecule has 0 spiro atoms. The Balaban J connectivity index is 0.000000138. The molecule has 6 N–H and O–H groups in total. The first-order chi connectivity index (χ1) is 68.3. The van der Waals surface area contributed by atoms with Crippen molar-refractivity contribution in [3.8, 4) is 17.5 Å². The highest BCUT2D eigenvalue weighted by Gasteiger charge is 2.38. The molecule has 4 fully saturated rings. The normalized spacial score (nSPS) is 15.1. The van der Waals surface area contributed by atoms with Gasteiger partial charge in [-0.1, -0.05) is 149 Å². The molecule has 4 saturated carbocycles. The van der Waals surface area contributed by atoms with Gasteiger partial charge in [0.1, 0.15) is 37.4 Å². The molecule has 7 aliphatic rings. The first kappa shape index (κ1) is 108. The van der Waals surface area contributed by atoms with Crippen LogP contribution in [0.5, 0.6) is 0 Å². The largest absolute Gasteiger partial charge is 0.444 e. The van der Waals surface area contributed by atoms with Crippen molar-refractivity contribution >= 4 is 150 Å². The number of nitrogens with zero attached hydrogens (tertiary/aromatic N) is 21. The molecule has 146 heavy (non-hydrogen) atoms. The summed E-state index contributed by atoms with van der Waals surface area (Å²) < 4.78 is 24.5. The summed E-state index contributed by atoms with van der Waals surface area (Å²) in [5.74, 6) is 2.98. The van der Waals surface area contributed by atoms with Gasteiger partial charge >= 0.3 is 12.2 Å². The Hall–Kier alpha value is -12.7. The third-order valence-corrected chi connectivity index (χ3v) is 26.8. The highest BCUT2D eigenvalue weighted by molar-refractivity contribution is 9.10. The average Bonchev–Trinajstić information content (AvgIpc) is 1.59. The third kappa shape index (κ3) is 25.2. The standard InChI is InChI=1S/C31H37N7O3.C26H29N7O.C18H21N5OS.C14H20N2O2.C9H12BrN.C9H10N4OS.2ClH/c1-30(2,3)24-8-7-9-25(34-24)38-26-23(27(39)37(38)22-12-13-22)17-32-28(35-26)33-21-11-10-20-18-36(15-14-19(20)16-21)29(40)41-31(4,5)6;1-26(2,3)21-5-4-6-22(30-21)33-23-20(24(34)32(33)19-9-10-19)15-28-25(31-23)29-18-8-7-17-14-27-12-11-16(17)13-18;1-18(2,3)13-6-5-7-14(20-13)23-15-12(10-19-17(21-15)25-4)16(24)22(23)11-8-9-11;1-14(2,3)18-13(17)16-7-6-10-8-12(15)5-4-11(10)9-16;1-9(2,3)7-5-4-6-8(10)11-7;1-15-9-10-4-6-7(11-9)12-13(8(6)14)5-2-3-5;;/h7-11,16-17,22H,12-15,18H2,1-6H3,(H,32,33,35);4-8,13,15,19,27H,9-12,14H2,1-3H3,(H,28,29,31);5-7,10-11H,8-9H2,1-4H3;4-5,8H,6-7,9,15H2,1-3H3;4-6H,1-3H3;4-5H,2-3H2,1H3,(H,10,11,12);2*1H. The Bertz CT molecular complexity index is 7620. The predicted molar refractivity (Wildman–Crippen MR) is 585 cm³/mol. The van der Waals surface area contributed by atoms with Crippen LogP contribution in [0.3, 0.4) is 0 Å². The number of hydrogen-bond donors (Lipinski definition) is 5. The smallest absolute Gasteiger partial charge is 0.410 e. The van der Waals surface area contributed by atoms with E-state index in [1.807, 2.05) is 176 Å². The number of nitrogen functional groups attached to an aromatic ring is 1. The Kier molecular flexibility index (Phi) is 32.0. The number of ether oxygens (including phenoxy) is 2. The second-order valence-corrected chi connectivity index (χ2v) is 46.0. The van der Waals surface area contributed by atoms with Crippen molar-refractivity contribution in [3.05, 3.63) is 254 Å². The van der Waals surface area contributed by atoms with Crippen molar-refractivity contribution in [2.75, 3.05) is 48.5 Å². The highest BCUT2D eigenvalue weighted by atomic mass is 79.9. The molecule has 0 saturated heterocycles. The Morgan fingerprint density at radius 3 is 1.18 bits per heavy atom. The number of benzene rings is 3. The molecular formula is C107H131BrCl2N26O8S2. The van der Waals surface area contributed by atoms with Gasteiger partial charge in [0, 0.05) is 119 Å². The number of fused-ring (bicyclic) bond motifs is 7. The van der Waals surface area contributed by atoms with E-state index < -0.39 is 11.2 Å². The Labute approximate surface area is 877 Å². The van der Waals surface area contributed by atoms with E-state index in [9.17, 15) is 28.8 Å². The van der Waals surface area contributed by atoms with E-state index in [4.69, 9.17) is 40.1 Å². The predicted octanol–water partition coefficient (Wildman–Crippen LogP) is 20.7. The van der Waals surface area contributed by atoms with Gasteiger partial charge in [0.2, 0.25) is 11.9 Å². The van der Waals surface area contributed by atoms with Crippen LogP contribution in [-0.2, 0) is 70.0 Å². The highest BCUT2D eigenvalue weighted by Crippen LogP contribution is 2.41. The molecular weight excluding hydrogens is 1990 g/mol. The van der Waals surface area contributed by atoms with Gasteiger partial charge in [0.25, 0.3) is 22.2 Å². The molecule has 770 valence electrons. The lowest BCUT2D eigenvalue weighted by Gasteiger charge is -2.31. The quantitative estimate of drug-likeness (QED) is 0.0310. The first-order valence-corrected chi connectivity index (χ1v) is 52.5. The van der Waals surface area contributed by atoms with Gasteiger partial charge in [-0.15, -0.1) is 24.8 Å². The molecule has 0 atom stereocenters. The van der Waals surface area contributed by atoms with E-state index in [2.05, 4.69) is 179 Å². The number of nitrogens with two attached hydrogens (primary N) is 1. The van der Waals surface area contributed by atoms with Crippen LogP contribution in [0.15, 0.2) is 186 Å². The molecule has 15 aromatic rings. The second-order valence-electron chi connectivity index (χ2n) is 43.6. The van der Waals surface area contributed by atoms with Crippen LogP contribution < -0.4 is 43.9 Å². The lowest BCUT2D eigenvalue weighted by molar-refractivity contribution is 0.0214. The fourth-order valence-electron chi connectivity index (χ4n) is 17.1. The van der Waals surface area contributed by atoms with Gasteiger partial charge in [0.05, 0.1) is 24.2 Å². The Morgan fingerprint density at radius 2 is 0.781 bits per heavy atom. The van der Waals surface area contributed by atoms with Crippen LogP contribution >= 0.6 is 64.3 Å². The molecule has 34 nitrogen and oxygen atoms in total. The summed E-state index contributed by atoms with van der Waals surface area (Å²) in [5, 5.41) is 16.6. The van der Waals surface area contributed by atoms with Crippen LogP contribution in [0.4, 0.5) is 38.5 Å². The fraction of sp³-hybridized carbons (Fsp3) is 0.439. The van der Waals surface area contributed by atoms with Crippen molar-refractivity contribution in [1.29, 1.82) is 0 Å². The van der Waals surface area contributed by atoms with E-state index in [-0.39, 0.29) is 99.0 Å². The molecule has 0 bridgehead atoms. The number of pyridine rings is 4. The number of H-pyrrole nitrogens is 1. The lowest BCUT2D eigenvalue weighted by atomic mass is 9.92. The van der Waals surface area contributed by atoms with Gasteiger partial charge in [-0.3, -0.25) is 24.3 Å². The SMILES string of the molecule is CC(C)(C)OC(=O)N1CCc2cc(N)ccc2C1.CC(C)(C)OC(=O)N1CCc2cc(Nc3ncc4c(=O)n(C5CC5)n(-c5cccc(C(C)(C)C)n5)c4n3)ccc2C1.CC(C)(C)c1cccc(-n2c3nc(Nc4ccc5c(c4)CCNC5)ncc3c(=O)n2C2CC2)n1.CC(C)(C)c1cccc(Br)n1.CSc1ncc2c(=O)n(C3CC3)[nH]c2n1.CSc1ncc2c(=O)n(C3CC3)n(-c3cccc(C(C)(C)C)n3)c2n1.Cl.Cl. The molecule has 3 aromatic carbocycles. The van der Waals surface area contributed by atoms with Crippen LogP contribution in [-0.4, -0.2) is 163 Å². The van der Waals surface area contributed by atoms with E-state index in [1.54, 1.807) is 48.6 Å². The van der Waals surface area contributed by atoms with Crippen molar-refractivity contribution in [3.63, 3.8) is 0 Å². The van der Waals surface area contributed by atoms with Crippen molar-refractivity contribution < 1.29 is 19.1 Å². The maximum Gasteiger partial charge on any atom is 0.410 e. The third-order valence-electron chi connectivity index (χ3n) is 25.3. The molecule has 39 heteroatoms. The number of thioether (sulfide) groups is 2. The second kappa shape index (κ2) is 43.4. The Morgan fingerprint density at radius 1 is 0.411 bits per heavy atom.